The number of likely N-dealkylation sites (tertiary alicyclic amines) is 3. The summed E-state index contributed by atoms with van der Waals surface area (Å²) in [5, 5.41) is 20.5. The van der Waals surface area contributed by atoms with E-state index in [-0.39, 0.29) is 42.3 Å². The summed E-state index contributed by atoms with van der Waals surface area (Å²) >= 11 is 12.8. The molecule has 24 rings (SSSR count). The second kappa shape index (κ2) is 47.6. The zero-order valence-corrected chi connectivity index (χ0v) is 88.0. The molecule has 26 nitrogen and oxygen atoms in total. The molecule has 0 amide bonds. The number of hydrogen-bond acceptors (Lipinski definition) is 21. The van der Waals surface area contributed by atoms with Crippen molar-refractivity contribution >= 4 is 84.1 Å². The number of piperidine rings is 9. The number of para-hydroxylation sites is 7. The van der Waals surface area contributed by atoms with Gasteiger partial charge in [-0.05, 0) is 394 Å². The molecule has 145 heavy (non-hydrogen) atoms. The fourth-order valence-electron chi connectivity index (χ4n) is 24.4. The predicted octanol–water partition coefficient (Wildman–Crippen LogP) is 22.8. The van der Waals surface area contributed by atoms with E-state index < -0.39 is 0 Å². The molecule has 15 aromatic rings. The van der Waals surface area contributed by atoms with Crippen molar-refractivity contribution in [3.05, 3.63) is 291 Å². The summed E-state index contributed by atoms with van der Waals surface area (Å²) in [5.41, 5.74) is 23.6. The second-order valence-electron chi connectivity index (χ2n) is 42.9. The minimum atomic E-state index is 0.158. The Morgan fingerprint density at radius 3 is 1.23 bits per heavy atom. The summed E-state index contributed by atoms with van der Waals surface area (Å²) in [6.07, 6.45) is 37.0. The molecule has 9 saturated heterocycles. The number of aromatic amines is 3. The van der Waals surface area contributed by atoms with Gasteiger partial charge in [-0.3, -0.25) is 51.5 Å². The minimum Gasteiger partial charge on any atom is -0.370 e. The van der Waals surface area contributed by atoms with Crippen LogP contribution in [0.4, 0.5) is 5.69 Å². The number of anilines is 1. The summed E-state index contributed by atoms with van der Waals surface area (Å²) in [7, 11) is 15.3. The van der Waals surface area contributed by atoms with Crippen LogP contribution in [0.1, 0.15) is 312 Å². The largest absolute Gasteiger partial charge is 0.370 e. The van der Waals surface area contributed by atoms with Crippen LogP contribution in [0.2, 0.25) is 10.0 Å². The normalized spacial score (nSPS) is 23.2. The smallest absolute Gasteiger partial charge is 0.127 e. The van der Waals surface area contributed by atoms with Gasteiger partial charge in [-0.2, -0.15) is 0 Å². The number of fused-ring (bicyclic) bond motifs is 5. The molecule has 9 aliphatic heterocycles. The van der Waals surface area contributed by atoms with Gasteiger partial charge in [0.05, 0.1) is 154 Å². The van der Waals surface area contributed by atoms with E-state index in [1.54, 1.807) is 0 Å². The first kappa shape index (κ1) is 101. The molecule has 0 saturated carbocycles. The van der Waals surface area contributed by atoms with Gasteiger partial charge in [-0.25, -0.2) is 24.9 Å². The molecule has 0 bridgehead atoms. The van der Waals surface area contributed by atoms with E-state index >= 15 is 0 Å². The van der Waals surface area contributed by atoms with Crippen LogP contribution in [0.5, 0.6) is 0 Å². The van der Waals surface area contributed by atoms with Crippen LogP contribution in [-0.2, 0) is 6.54 Å². The maximum atomic E-state index is 6.42. The Morgan fingerprint density at radius 2 is 0.745 bits per heavy atom. The average Bonchev–Trinajstić information content (AvgIpc) is 1.58. The van der Waals surface area contributed by atoms with Crippen molar-refractivity contribution in [3.8, 4) is 0 Å². The van der Waals surface area contributed by atoms with Crippen molar-refractivity contribution in [2.45, 2.75) is 259 Å². The predicted molar refractivity (Wildman–Crippen MR) is 588 cm³/mol. The van der Waals surface area contributed by atoms with Crippen LogP contribution in [0, 0.1) is 13.8 Å². The summed E-state index contributed by atoms with van der Waals surface area (Å²) < 4.78 is 4.99. The van der Waals surface area contributed by atoms with Crippen molar-refractivity contribution in [1.29, 1.82) is 0 Å². The lowest BCUT2D eigenvalue weighted by Gasteiger charge is -2.36. The maximum absolute atomic E-state index is 6.42. The van der Waals surface area contributed by atoms with Crippen LogP contribution in [0.25, 0.3) is 55.2 Å². The highest BCUT2D eigenvalue weighted by atomic mass is 35.5. The second-order valence-corrected chi connectivity index (χ2v) is 43.7. The fraction of sp³-hybridized carbons (Fsp3) is 0.487. The van der Waals surface area contributed by atoms with Crippen LogP contribution >= 0.6 is 23.2 Å². The first-order valence-electron chi connectivity index (χ1n) is 54.1. The van der Waals surface area contributed by atoms with E-state index in [0.717, 1.165) is 214 Å². The highest BCUT2D eigenvalue weighted by Gasteiger charge is 2.38. The van der Waals surface area contributed by atoms with Gasteiger partial charge in [-0.1, -0.05) is 96.0 Å². The number of nitrogens with one attached hydrogen (secondary N) is 8. The van der Waals surface area contributed by atoms with E-state index in [0.29, 0.717) is 42.0 Å². The molecule has 28 heteroatoms. The number of aryl methyl sites for hydroxylation is 3. The molecule has 0 spiro atoms. The Hall–Kier alpha value is -10.8. The Balaban J connectivity index is 0.000000110. The number of hydrogen-bond donors (Lipinski definition) is 8. The van der Waals surface area contributed by atoms with Gasteiger partial charge in [0, 0.05) is 62.7 Å². The maximum Gasteiger partial charge on any atom is 0.127 e. The average molecular weight is 1990 g/mol. The molecule has 10 aromatic heterocycles. The molecule has 9 aliphatic rings. The Bertz CT molecular complexity index is 6570. The molecule has 8 N–H and O–H groups in total. The van der Waals surface area contributed by atoms with E-state index in [1.165, 1.54) is 157 Å². The monoisotopic (exact) mass is 1990 g/mol. The molecule has 10 atom stereocenters. The lowest BCUT2D eigenvalue weighted by Crippen LogP contribution is -2.42. The van der Waals surface area contributed by atoms with Gasteiger partial charge in [0.15, 0.2) is 0 Å². The zero-order chi connectivity index (χ0) is 99.4. The lowest BCUT2D eigenvalue weighted by atomic mass is 9.89. The Morgan fingerprint density at radius 1 is 0.345 bits per heavy atom. The molecular weight excluding hydrogens is 1840 g/mol. The number of rotatable bonds is 19. The minimum absolute atomic E-state index is 0.158. The number of halogens is 2. The van der Waals surface area contributed by atoms with Crippen LogP contribution < -0.4 is 31.5 Å². The van der Waals surface area contributed by atoms with Gasteiger partial charge in [0.25, 0.3) is 0 Å². The Labute approximate surface area is 866 Å². The van der Waals surface area contributed by atoms with Crippen LogP contribution in [0.3, 0.4) is 0 Å². The van der Waals surface area contributed by atoms with E-state index in [1.807, 2.05) is 73.4 Å². The SMILES string of the molecule is CN(C)C1CCN(c2cccc3[nH]c([C@H]4CCC[C@@H](c5ncccc5Cl)N4)nc23)CC1.CN1CCC(c2cccc3[nH]c([C@H]4CCC[C@@H](c5ncccc5Cl)N4)nc23)CC1.CN1CCC(n2c([C@H]3CCC[C@@H](c4ccccn4)N3)nc3ccccc32)CC1.Cc1cccnc1[C@@H]1CCC[C@H](c2nc3c(C4CCN(C)CC4)cccc3[nH]2)N1.Cc1cccnc1[C@@H]1CCC[C@H](c2nc3ccccc3n2CCCN(C)C)N1. The van der Waals surface area contributed by atoms with E-state index in [2.05, 4.69) is 296 Å². The molecule has 762 valence electrons. The number of nitrogens with zero attached hydrogens (tertiary/aromatic N) is 18. The van der Waals surface area contributed by atoms with Gasteiger partial charge < -0.3 is 53.5 Å². The third-order valence-electron chi connectivity index (χ3n) is 32.4. The number of benzene rings is 5. The molecule has 0 aliphatic carbocycles. The highest BCUT2D eigenvalue weighted by molar-refractivity contribution is 6.31. The van der Waals surface area contributed by atoms with Gasteiger partial charge in [0.1, 0.15) is 34.6 Å². The third-order valence-corrected chi connectivity index (χ3v) is 33.1. The summed E-state index contributed by atoms with van der Waals surface area (Å²) in [4.78, 5) is 73.7. The summed E-state index contributed by atoms with van der Waals surface area (Å²) in [6, 6.07) is 62.7. The molecule has 9 fully saturated rings. The van der Waals surface area contributed by atoms with Crippen molar-refractivity contribution in [3.63, 3.8) is 0 Å². The van der Waals surface area contributed by atoms with E-state index in [4.69, 9.17) is 48.1 Å². The number of imidazole rings is 5. The van der Waals surface area contributed by atoms with Crippen molar-refractivity contribution in [1.82, 2.24) is 125 Å². The molecule has 19 heterocycles. The standard InChI is InChI=1S/C24H31ClN6.C24H31N5.C23H28ClN5.C23H29N5.C23H31N5/c1-30(2)16-11-14-31(15-12-16)21-10-4-8-19-23(21)29-24(28-19)20-9-3-7-18(27-20)22-17(25)6-5-13-26-22;1-16-6-5-13-25-22(16)19-9-4-10-21(26-19)24-27-20-8-3-7-18(23(20)28-24)17-11-14-29(2)15-12-17;1-29-13-10-15(11-14-29)16-5-2-7-18-21(16)28-23(27-18)20-9-3-8-19(26-20)22-17(24)6-4-12-25-22;1-27-15-12-17(13-16-27)28-22-11-3-2-8-20(22)26-23(28)21-10-6-9-19(25-21)18-7-4-5-14-24-18;1-17-9-7-14-24-22(17)19-11-6-12-20(25-19)23-26-18-10-4-5-13-21(18)28(23)16-8-15-27(2)3/h4-6,8,10,13,16,18,20,27H,3,7,9,11-12,14-15H2,1-2H3,(H,28,29);3,5-8,13,17,19,21,26H,4,9-12,14-15H2,1-2H3,(H,27,28);2,4-7,12,15,19-20,26H,3,8-11,13-14H2,1H3,(H,27,28);2-5,7-8,11,14,17,19,21,25H,6,9-10,12-13,15-16H2,1H3;4-5,7,9-10,13-14,19-20,25H,6,8,11-12,15-16H2,1-3H3/t18-,20+;19-,21+;19-,20+;19-,21+;19-,20+/m00000/s1. The van der Waals surface area contributed by atoms with Crippen molar-refractivity contribution < 1.29 is 0 Å². The van der Waals surface area contributed by atoms with Gasteiger partial charge >= 0.3 is 0 Å². The number of pyridine rings is 5. The van der Waals surface area contributed by atoms with Gasteiger partial charge in [-0.15, -0.1) is 0 Å². The zero-order valence-electron chi connectivity index (χ0n) is 86.5. The lowest BCUT2D eigenvalue weighted by molar-refractivity contribution is 0.215. The van der Waals surface area contributed by atoms with Crippen LogP contribution in [0.15, 0.2) is 201 Å². The Kier molecular flexibility index (Phi) is 33.3. The van der Waals surface area contributed by atoms with Crippen molar-refractivity contribution in [2.24, 2.45) is 0 Å². The first-order valence-corrected chi connectivity index (χ1v) is 54.9. The summed E-state index contributed by atoms with van der Waals surface area (Å²) in [5.74, 6) is 6.76. The van der Waals surface area contributed by atoms with E-state index in [9.17, 15) is 0 Å². The molecule has 0 radical (unpaired) electrons. The quantitative estimate of drug-likeness (QED) is 0.0374. The molecule has 0 unspecified atom stereocenters. The number of H-pyrrole nitrogens is 3. The van der Waals surface area contributed by atoms with Crippen LogP contribution in [-0.4, -0.2) is 213 Å². The number of aromatic nitrogens is 15. The fourth-order valence-corrected chi connectivity index (χ4v) is 24.9. The first-order chi connectivity index (χ1) is 70.9. The third kappa shape index (κ3) is 24.0. The summed E-state index contributed by atoms with van der Waals surface area (Å²) in [6.45, 7) is 15.5. The van der Waals surface area contributed by atoms with Gasteiger partial charge in [0.2, 0.25) is 0 Å². The highest BCUT2D eigenvalue weighted by Crippen LogP contribution is 2.45. The molecular formula is C117H150Cl2N26. The van der Waals surface area contributed by atoms with Crippen molar-refractivity contribution in [2.75, 3.05) is 113 Å². The molecule has 5 aromatic carbocycles. The topological polar surface area (TPSA) is 266 Å².